The molecule has 28 heavy (non-hydrogen) atoms. The summed E-state index contributed by atoms with van der Waals surface area (Å²) in [4.78, 5) is 23.5. The molecule has 1 aliphatic rings. The van der Waals surface area contributed by atoms with Gasteiger partial charge in [-0.1, -0.05) is 35.5 Å². The number of carbonyl (C=O) groups excluding carboxylic acids is 1. The fourth-order valence-electron chi connectivity index (χ4n) is 3.37. The molecule has 1 amide bonds. The van der Waals surface area contributed by atoms with Crippen LogP contribution in [-0.2, 0) is 0 Å². The molecule has 0 spiro atoms. The Kier molecular flexibility index (Phi) is 5.32. The van der Waals surface area contributed by atoms with Crippen molar-refractivity contribution in [2.24, 2.45) is 0 Å². The van der Waals surface area contributed by atoms with Crippen LogP contribution in [0.25, 0.3) is 11.4 Å². The predicted octanol–water partition coefficient (Wildman–Crippen LogP) is 3.61. The predicted molar refractivity (Wildman–Crippen MR) is 106 cm³/mol. The van der Waals surface area contributed by atoms with Crippen molar-refractivity contribution in [3.05, 3.63) is 60.1 Å². The molecule has 1 atom stereocenters. The first kappa shape index (κ1) is 18.2. The summed E-state index contributed by atoms with van der Waals surface area (Å²) in [7, 11) is 0. The van der Waals surface area contributed by atoms with Crippen LogP contribution in [0.3, 0.4) is 0 Å². The molecule has 0 aliphatic carbocycles. The van der Waals surface area contributed by atoms with Crippen LogP contribution in [0.2, 0.25) is 0 Å². The van der Waals surface area contributed by atoms with Gasteiger partial charge in [-0.05, 0) is 43.9 Å². The third kappa shape index (κ3) is 4.03. The summed E-state index contributed by atoms with van der Waals surface area (Å²) < 4.78 is 5.20. The van der Waals surface area contributed by atoms with Crippen molar-refractivity contribution in [3.8, 4) is 11.4 Å². The Morgan fingerprint density at radius 1 is 1.14 bits per heavy atom. The first-order valence-electron chi connectivity index (χ1n) is 9.61. The van der Waals surface area contributed by atoms with Gasteiger partial charge in [-0.3, -0.25) is 4.79 Å². The first-order valence-corrected chi connectivity index (χ1v) is 9.61. The van der Waals surface area contributed by atoms with Gasteiger partial charge in [-0.15, -0.1) is 0 Å². The molecule has 2 aromatic heterocycles. The van der Waals surface area contributed by atoms with Gasteiger partial charge in [0, 0.05) is 24.8 Å². The van der Waals surface area contributed by atoms with Crippen molar-refractivity contribution < 1.29 is 9.32 Å². The van der Waals surface area contributed by atoms with E-state index in [0.29, 0.717) is 5.82 Å². The number of hydrogen-bond donors (Lipinski definition) is 1. The number of piperidine rings is 1. The van der Waals surface area contributed by atoms with Gasteiger partial charge in [0.25, 0.3) is 0 Å². The number of hydrogen-bond acceptors (Lipinski definition) is 6. The lowest BCUT2D eigenvalue weighted by Crippen LogP contribution is -2.30. The maximum Gasteiger partial charge on any atom is 0.316 e. The smallest absolute Gasteiger partial charge is 0.316 e. The van der Waals surface area contributed by atoms with E-state index in [2.05, 4.69) is 25.3 Å². The van der Waals surface area contributed by atoms with Crippen LogP contribution in [0.1, 0.15) is 48.5 Å². The Labute approximate surface area is 163 Å². The summed E-state index contributed by atoms with van der Waals surface area (Å²) >= 11 is 0. The standard InChI is InChI=1S/C21H23N5O2/c1-15(16-8-4-2-5-9-16)23-20(27)21-24-19(25-28-21)17-10-11-22-18(14-17)26-12-6-3-7-13-26/h2,4-5,8-11,14-15H,3,6-7,12-13H2,1H3,(H,23,27)/t15-/m1/s1. The average molecular weight is 377 g/mol. The van der Waals surface area contributed by atoms with E-state index in [1.54, 1.807) is 6.20 Å². The van der Waals surface area contributed by atoms with E-state index in [0.717, 1.165) is 30.0 Å². The lowest BCUT2D eigenvalue weighted by atomic mass is 10.1. The zero-order chi connectivity index (χ0) is 19.3. The molecule has 0 radical (unpaired) electrons. The van der Waals surface area contributed by atoms with Gasteiger partial charge in [0.1, 0.15) is 5.82 Å². The van der Waals surface area contributed by atoms with E-state index in [9.17, 15) is 4.79 Å². The van der Waals surface area contributed by atoms with Crippen LogP contribution in [0, 0.1) is 0 Å². The van der Waals surface area contributed by atoms with Crippen molar-refractivity contribution in [3.63, 3.8) is 0 Å². The van der Waals surface area contributed by atoms with E-state index in [1.807, 2.05) is 49.4 Å². The molecule has 144 valence electrons. The van der Waals surface area contributed by atoms with Crippen molar-refractivity contribution in [1.29, 1.82) is 0 Å². The minimum absolute atomic E-state index is 0.0471. The molecule has 7 nitrogen and oxygen atoms in total. The highest BCUT2D eigenvalue weighted by Gasteiger charge is 2.20. The number of aromatic nitrogens is 3. The Morgan fingerprint density at radius 3 is 2.71 bits per heavy atom. The Hall–Kier alpha value is -3.22. The van der Waals surface area contributed by atoms with Crippen molar-refractivity contribution in [2.75, 3.05) is 18.0 Å². The summed E-state index contributed by atoms with van der Waals surface area (Å²) in [5.74, 6) is 0.860. The van der Waals surface area contributed by atoms with Crippen LogP contribution in [0.4, 0.5) is 5.82 Å². The van der Waals surface area contributed by atoms with E-state index in [-0.39, 0.29) is 17.8 Å². The number of pyridine rings is 1. The van der Waals surface area contributed by atoms with Gasteiger partial charge >= 0.3 is 11.8 Å². The molecule has 3 aromatic rings. The summed E-state index contributed by atoms with van der Waals surface area (Å²) in [6.07, 6.45) is 5.36. The molecular weight excluding hydrogens is 354 g/mol. The number of nitrogens with zero attached hydrogens (tertiary/aromatic N) is 4. The number of nitrogens with one attached hydrogen (secondary N) is 1. The molecule has 0 saturated carbocycles. The van der Waals surface area contributed by atoms with Crippen molar-refractivity contribution in [1.82, 2.24) is 20.4 Å². The maximum absolute atomic E-state index is 12.5. The van der Waals surface area contributed by atoms with E-state index in [1.165, 1.54) is 19.3 Å². The molecule has 1 saturated heterocycles. The zero-order valence-corrected chi connectivity index (χ0v) is 15.8. The fourth-order valence-corrected chi connectivity index (χ4v) is 3.37. The number of rotatable bonds is 5. The molecule has 0 unspecified atom stereocenters. The highest BCUT2D eigenvalue weighted by Crippen LogP contribution is 2.23. The molecule has 7 heteroatoms. The van der Waals surface area contributed by atoms with Crippen molar-refractivity contribution >= 4 is 11.7 Å². The summed E-state index contributed by atoms with van der Waals surface area (Å²) in [5.41, 5.74) is 1.80. The number of amides is 1. The molecule has 4 rings (SSSR count). The second-order valence-electron chi connectivity index (χ2n) is 6.98. The number of carbonyl (C=O) groups is 1. The number of anilines is 1. The quantitative estimate of drug-likeness (QED) is 0.731. The maximum atomic E-state index is 12.5. The van der Waals surface area contributed by atoms with Crippen molar-refractivity contribution in [2.45, 2.75) is 32.2 Å². The minimum atomic E-state index is -0.389. The lowest BCUT2D eigenvalue weighted by molar-refractivity contribution is 0.0895. The topological polar surface area (TPSA) is 84.2 Å². The van der Waals surface area contributed by atoms with Gasteiger partial charge in [0.15, 0.2) is 0 Å². The molecule has 1 fully saturated rings. The third-order valence-electron chi connectivity index (χ3n) is 4.95. The van der Waals surface area contributed by atoms with Gasteiger partial charge in [0.2, 0.25) is 5.82 Å². The molecule has 3 heterocycles. The van der Waals surface area contributed by atoms with Crippen LogP contribution in [0.5, 0.6) is 0 Å². The average Bonchev–Trinajstić information content (AvgIpc) is 3.26. The Bertz CT molecular complexity index is 935. The molecule has 1 N–H and O–H groups in total. The Balaban J connectivity index is 1.47. The molecule has 1 aromatic carbocycles. The minimum Gasteiger partial charge on any atom is -0.357 e. The fraction of sp³-hybridized carbons (Fsp3) is 0.333. The monoisotopic (exact) mass is 377 g/mol. The number of benzene rings is 1. The normalized spacial score (nSPS) is 15.2. The van der Waals surface area contributed by atoms with Gasteiger partial charge in [-0.25, -0.2) is 4.98 Å². The first-order chi connectivity index (χ1) is 13.7. The second-order valence-corrected chi connectivity index (χ2v) is 6.98. The van der Waals surface area contributed by atoms with Crippen LogP contribution in [-0.4, -0.2) is 34.1 Å². The molecular formula is C21H23N5O2. The van der Waals surface area contributed by atoms with E-state index < -0.39 is 0 Å². The second kappa shape index (κ2) is 8.21. The molecule has 1 aliphatic heterocycles. The Morgan fingerprint density at radius 2 is 1.93 bits per heavy atom. The van der Waals surface area contributed by atoms with Gasteiger partial charge in [0.05, 0.1) is 6.04 Å². The van der Waals surface area contributed by atoms with Crippen LogP contribution in [0.15, 0.2) is 53.2 Å². The largest absolute Gasteiger partial charge is 0.357 e. The summed E-state index contributed by atoms with van der Waals surface area (Å²) in [5, 5.41) is 6.87. The van der Waals surface area contributed by atoms with E-state index >= 15 is 0 Å². The summed E-state index contributed by atoms with van der Waals surface area (Å²) in [6, 6.07) is 13.4. The molecule has 0 bridgehead atoms. The van der Waals surface area contributed by atoms with E-state index in [4.69, 9.17) is 4.52 Å². The van der Waals surface area contributed by atoms with Crippen LogP contribution >= 0.6 is 0 Å². The SMILES string of the molecule is C[C@@H](NC(=O)c1nc(-c2ccnc(N3CCCCC3)c2)no1)c1ccccc1. The summed E-state index contributed by atoms with van der Waals surface area (Å²) in [6.45, 7) is 3.93. The lowest BCUT2D eigenvalue weighted by Gasteiger charge is -2.27. The van der Waals surface area contributed by atoms with Crippen LogP contribution < -0.4 is 10.2 Å². The highest BCUT2D eigenvalue weighted by molar-refractivity contribution is 5.90. The highest BCUT2D eigenvalue weighted by atomic mass is 16.5. The third-order valence-corrected chi connectivity index (χ3v) is 4.95. The van der Waals surface area contributed by atoms with Gasteiger partial charge < -0.3 is 14.7 Å². The zero-order valence-electron chi connectivity index (χ0n) is 15.8. The van der Waals surface area contributed by atoms with Gasteiger partial charge in [-0.2, -0.15) is 4.98 Å².